The quantitative estimate of drug-likeness (QED) is 0.660. The van der Waals surface area contributed by atoms with E-state index in [0.717, 1.165) is 4.90 Å². The molecule has 90 valence electrons. The highest BCUT2D eigenvalue weighted by molar-refractivity contribution is 6.18. The molecule has 1 atom stereocenters. The molecule has 2 rings (SSSR count). The second-order valence-corrected chi connectivity index (χ2v) is 3.87. The number of nitrogens with two attached hydrogens (primary N) is 2. The standard InChI is InChI=1S/C11H13N3O3/c1-6(12)11(16)14-8-4-7(13)2-3-9(8)17-5-10(14)15/h2-4,6H,5,12-13H2,1H3. The van der Waals surface area contributed by atoms with Crippen LogP contribution in [-0.4, -0.2) is 24.5 Å². The molecule has 0 spiro atoms. The van der Waals surface area contributed by atoms with Crippen molar-refractivity contribution in [1.29, 1.82) is 0 Å². The Morgan fingerprint density at radius 1 is 1.53 bits per heavy atom. The number of fused-ring (bicyclic) bond motifs is 1. The number of hydrogen-bond acceptors (Lipinski definition) is 5. The first-order valence-electron chi connectivity index (χ1n) is 5.15. The van der Waals surface area contributed by atoms with Gasteiger partial charge in [0.25, 0.3) is 11.8 Å². The van der Waals surface area contributed by atoms with E-state index in [1.165, 1.54) is 13.0 Å². The molecule has 4 N–H and O–H groups in total. The Morgan fingerprint density at radius 2 is 2.24 bits per heavy atom. The predicted octanol–water partition coefficient (Wildman–Crippen LogP) is -0.132. The molecule has 0 saturated heterocycles. The summed E-state index contributed by atoms with van der Waals surface area (Å²) in [6, 6.07) is 4.03. The number of imide groups is 1. The van der Waals surface area contributed by atoms with Crippen LogP contribution in [-0.2, 0) is 9.59 Å². The van der Waals surface area contributed by atoms with Gasteiger partial charge in [0.1, 0.15) is 5.75 Å². The second-order valence-electron chi connectivity index (χ2n) is 3.87. The lowest BCUT2D eigenvalue weighted by atomic mass is 10.2. The van der Waals surface area contributed by atoms with Crippen LogP contribution in [0.4, 0.5) is 11.4 Å². The lowest BCUT2D eigenvalue weighted by Crippen LogP contribution is -2.49. The number of amides is 2. The summed E-state index contributed by atoms with van der Waals surface area (Å²) in [5.74, 6) is -0.455. The average molecular weight is 235 g/mol. The molecule has 1 heterocycles. The summed E-state index contributed by atoms with van der Waals surface area (Å²) in [6.45, 7) is 1.35. The number of rotatable bonds is 1. The summed E-state index contributed by atoms with van der Waals surface area (Å²) < 4.78 is 5.21. The highest BCUT2D eigenvalue weighted by atomic mass is 16.5. The van der Waals surface area contributed by atoms with E-state index in [1.807, 2.05) is 0 Å². The van der Waals surface area contributed by atoms with Crippen LogP contribution in [0.3, 0.4) is 0 Å². The fourth-order valence-electron chi connectivity index (χ4n) is 1.61. The maximum absolute atomic E-state index is 11.9. The molecule has 6 heteroatoms. The van der Waals surface area contributed by atoms with E-state index in [0.29, 0.717) is 17.1 Å². The van der Waals surface area contributed by atoms with Crippen LogP contribution in [0.1, 0.15) is 6.92 Å². The number of nitrogens with zero attached hydrogens (tertiary/aromatic N) is 1. The van der Waals surface area contributed by atoms with Crippen LogP contribution in [0.2, 0.25) is 0 Å². The normalized spacial score (nSPS) is 16.1. The van der Waals surface area contributed by atoms with Gasteiger partial charge in [0.15, 0.2) is 6.61 Å². The van der Waals surface area contributed by atoms with E-state index >= 15 is 0 Å². The second kappa shape index (κ2) is 4.06. The SMILES string of the molecule is CC(N)C(=O)N1C(=O)COc2ccc(N)cc21. The summed E-state index contributed by atoms with van der Waals surface area (Å²) in [6.07, 6.45) is 0. The fourth-order valence-corrected chi connectivity index (χ4v) is 1.61. The molecule has 0 aromatic heterocycles. The fraction of sp³-hybridized carbons (Fsp3) is 0.273. The summed E-state index contributed by atoms with van der Waals surface area (Å²) in [5.41, 5.74) is 11.9. The number of nitrogen functional groups attached to an aromatic ring is 1. The molecule has 6 nitrogen and oxygen atoms in total. The van der Waals surface area contributed by atoms with E-state index in [9.17, 15) is 9.59 Å². The molecule has 1 aliphatic heterocycles. The minimum Gasteiger partial charge on any atom is -0.482 e. The van der Waals surface area contributed by atoms with Crippen molar-refractivity contribution in [1.82, 2.24) is 0 Å². The van der Waals surface area contributed by atoms with Gasteiger partial charge >= 0.3 is 0 Å². The Bertz CT molecular complexity index is 485. The van der Waals surface area contributed by atoms with Crippen LogP contribution in [0.15, 0.2) is 18.2 Å². The molecule has 0 saturated carbocycles. The maximum Gasteiger partial charge on any atom is 0.271 e. The number of carbonyl (C=O) groups excluding carboxylic acids is 2. The van der Waals surface area contributed by atoms with Gasteiger partial charge in [-0.25, -0.2) is 4.90 Å². The first-order valence-corrected chi connectivity index (χ1v) is 5.15. The number of benzene rings is 1. The van der Waals surface area contributed by atoms with Gasteiger partial charge in [-0.1, -0.05) is 0 Å². The zero-order valence-corrected chi connectivity index (χ0v) is 9.34. The highest BCUT2D eigenvalue weighted by Crippen LogP contribution is 2.33. The number of hydrogen-bond donors (Lipinski definition) is 2. The van der Waals surface area contributed by atoms with E-state index in [-0.39, 0.29) is 6.61 Å². The van der Waals surface area contributed by atoms with Gasteiger partial charge in [-0.2, -0.15) is 0 Å². The molecule has 1 aromatic rings. The molecule has 2 amide bonds. The smallest absolute Gasteiger partial charge is 0.271 e. The first kappa shape index (κ1) is 11.4. The van der Waals surface area contributed by atoms with E-state index in [4.69, 9.17) is 16.2 Å². The Hall–Kier alpha value is -2.08. The summed E-state index contributed by atoms with van der Waals surface area (Å²) in [7, 11) is 0. The average Bonchev–Trinajstić information content (AvgIpc) is 2.27. The van der Waals surface area contributed by atoms with Crippen molar-refractivity contribution >= 4 is 23.2 Å². The Kier molecular flexibility index (Phi) is 2.72. The van der Waals surface area contributed by atoms with Gasteiger partial charge in [0.05, 0.1) is 11.7 Å². The minimum absolute atomic E-state index is 0.171. The summed E-state index contributed by atoms with van der Waals surface area (Å²) in [5, 5.41) is 0. The molecule has 17 heavy (non-hydrogen) atoms. The molecule has 0 aliphatic carbocycles. The van der Waals surface area contributed by atoms with Crippen molar-refractivity contribution in [2.75, 3.05) is 17.2 Å². The van der Waals surface area contributed by atoms with E-state index in [2.05, 4.69) is 0 Å². The van der Waals surface area contributed by atoms with Crippen molar-refractivity contribution < 1.29 is 14.3 Å². The van der Waals surface area contributed by atoms with Crippen molar-refractivity contribution in [3.8, 4) is 5.75 Å². The minimum atomic E-state index is -0.758. The van der Waals surface area contributed by atoms with Crippen LogP contribution < -0.4 is 21.1 Å². The van der Waals surface area contributed by atoms with Crippen molar-refractivity contribution in [3.63, 3.8) is 0 Å². The van der Waals surface area contributed by atoms with Crippen LogP contribution in [0, 0.1) is 0 Å². The number of ether oxygens (including phenoxy) is 1. The molecule has 1 unspecified atom stereocenters. The van der Waals surface area contributed by atoms with Crippen LogP contribution in [0.25, 0.3) is 0 Å². The zero-order valence-electron chi connectivity index (χ0n) is 9.34. The molecule has 1 aromatic carbocycles. The third kappa shape index (κ3) is 1.94. The third-order valence-electron chi connectivity index (χ3n) is 2.43. The van der Waals surface area contributed by atoms with Crippen molar-refractivity contribution in [3.05, 3.63) is 18.2 Å². The van der Waals surface area contributed by atoms with Gasteiger partial charge in [-0.3, -0.25) is 9.59 Å². The molecule has 0 radical (unpaired) electrons. The van der Waals surface area contributed by atoms with Crippen LogP contribution in [0.5, 0.6) is 5.75 Å². The van der Waals surface area contributed by atoms with Gasteiger partial charge in [0, 0.05) is 5.69 Å². The van der Waals surface area contributed by atoms with E-state index < -0.39 is 17.9 Å². The van der Waals surface area contributed by atoms with E-state index in [1.54, 1.807) is 12.1 Å². The maximum atomic E-state index is 11.9. The highest BCUT2D eigenvalue weighted by Gasteiger charge is 2.32. The monoisotopic (exact) mass is 235 g/mol. The predicted molar refractivity (Wildman–Crippen MR) is 62.5 cm³/mol. The molecule has 0 bridgehead atoms. The molecular weight excluding hydrogens is 222 g/mol. The Balaban J connectivity index is 2.49. The number of anilines is 2. The Morgan fingerprint density at radius 3 is 2.88 bits per heavy atom. The third-order valence-corrected chi connectivity index (χ3v) is 2.43. The number of carbonyl (C=O) groups is 2. The topological polar surface area (TPSA) is 98.7 Å². The summed E-state index contributed by atoms with van der Waals surface area (Å²) in [4.78, 5) is 24.6. The zero-order chi connectivity index (χ0) is 12.6. The molecular formula is C11H13N3O3. The van der Waals surface area contributed by atoms with Gasteiger partial charge in [-0.15, -0.1) is 0 Å². The van der Waals surface area contributed by atoms with Crippen molar-refractivity contribution in [2.24, 2.45) is 5.73 Å². The lowest BCUT2D eigenvalue weighted by Gasteiger charge is -2.29. The molecule has 0 fully saturated rings. The van der Waals surface area contributed by atoms with Gasteiger partial charge in [0.2, 0.25) is 0 Å². The first-order chi connectivity index (χ1) is 8.00. The molecule has 1 aliphatic rings. The van der Waals surface area contributed by atoms with Gasteiger partial charge in [-0.05, 0) is 25.1 Å². The summed E-state index contributed by atoms with van der Waals surface area (Å²) >= 11 is 0. The van der Waals surface area contributed by atoms with Crippen LogP contribution >= 0.6 is 0 Å². The van der Waals surface area contributed by atoms with Crippen molar-refractivity contribution in [2.45, 2.75) is 13.0 Å². The largest absolute Gasteiger partial charge is 0.482 e. The van der Waals surface area contributed by atoms with Gasteiger partial charge < -0.3 is 16.2 Å². The lowest BCUT2D eigenvalue weighted by molar-refractivity contribution is -0.128. The Labute approximate surface area is 98.1 Å².